The zero-order chi connectivity index (χ0) is 22.7. The first-order chi connectivity index (χ1) is 15.5. The third kappa shape index (κ3) is 4.51. The van der Waals surface area contributed by atoms with Gasteiger partial charge in [0.15, 0.2) is 0 Å². The van der Waals surface area contributed by atoms with Crippen molar-refractivity contribution in [2.75, 3.05) is 19.6 Å². The van der Waals surface area contributed by atoms with Gasteiger partial charge in [0.25, 0.3) is 23.0 Å². The molecule has 1 fully saturated rings. The molecule has 32 heavy (non-hydrogen) atoms. The van der Waals surface area contributed by atoms with Crippen molar-refractivity contribution in [3.05, 3.63) is 62.7 Å². The van der Waals surface area contributed by atoms with E-state index in [9.17, 15) is 24.0 Å². The quantitative estimate of drug-likeness (QED) is 0.471. The summed E-state index contributed by atoms with van der Waals surface area (Å²) >= 11 is 2.36. The number of imide groups is 2. The Bertz CT molecular complexity index is 1090. The molecule has 2 aliphatic heterocycles. The van der Waals surface area contributed by atoms with Crippen LogP contribution in [-0.4, -0.2) is 58.3 Å². The number of thiophene rings is 1. The molecular weight excluding hydrogens is 450 g/mol. The summed E-state index contributed by atoms with van der Waals surface area (Å²) in [5, 5.41) is 4.20. The summed E-state index contributed by atoms with van der Waals surface area (Å²) in [6, 6.07) is 10.4. The maximum absolute atomic E-state index is 12.4. The average Bonchev–Trinajstić information content (AvgIpc) is 3.45. The van der Waals surface area contributed by atoms with Gasteiger partial charge in [0, 0.05) is 30.9 Å². The van der Waals surface area contributed by atoms with E-state index >= 15 is 0 Å². The van der Waals surface area contributed by atoms with E-state index in [1.807, 2.05) is 17.5 Å². The van der Waals surface area contributed by atoms with Crippen LogP contribution in [0.3, 0.4) is 0 Å². The first-order valence-corrected chi connectivity index (χ1v) is 11.7. The molecule has 10 heteroatoms. The van der Waals surface area contributed by atoms with Gasteiger partial charge in [0.05, 0.1) is 16.0 Å². The number of amides is 5. The molecule has 5 amide bonds. The van der Waals surface area contributed by atoms with Gasteiger partial charge in [-0.05, 0) is 47.8 Å². The van der Waals surface area contributed by atoms with Crippen molar-refractivity contribution >= 4 is 58.0 Å². The van der Waals surface area contributed by atoms with Gasteiger partial charge in [-0.3, -0.25) is 33.8 Å². The largest absolute Gasteiger partial charge is 0.354 e. The van der Waals surface area contributed by atoms with E-state index in [0.29, 0.717) is 22.5 Å². The molecule has 4 rings (SSSR count). The monoisotopic (exact) mass is 469 g/mol. The number of hydrogen-bond acceptors (Lipinski definition) is 7. The first-order valence-electron chi connectivity index (χ1n) is 9.96. The summed E-state index contributed by atoms with van der Waals surface area (Å²) in [6.45, 7) is 0.364. The molecule has 0 radical (unpaired) electrons. The van der Waals surface area contributed by atoms with Crippen LogP contribution >= 0.6 is 23.1 Å². The molecule has 2 aromatic rings. The molecule has 0 saturated carbocycles. The zero-order valence-corrected chi connectivity index (χ0v) is 18.5. The normalized spacial score (nSPS) is 16.9. The number of thioether (sulfide) groups is 1. The molecule has 0 unspecified atom stereocenters. The van der Waals surface area contributed by atoms with Gasteiger partial charge < -0.3 is 5.32 Å². The van der Waals surface area contributed by atoms with E-state index < -0.39 is 0 Å². The van der Waals surface area contributed by atoms with Crippen LogP contribution in [0.2, 0.25) is 0 Å². The van der Waals surface area contributed by atoms with Crippen molar-refractivity contribution in [1.82, 2.24) is 15.1 Å². The van der Waals surface area contributed by atoms with Crippen LogP contribution in [-0.2, 0) is 9.59 Å². The fraction of sp³-hybridized carbons (Fsp3) is 0.227. The van der Waals surface area contributed by atoms with Gasteiger partial charge in [-0.15, -0.1) is 11.3 Å². The van der Waals surface area contributed by atoms with E-state index in [1.54, 1.807) is 30.3 Å². The van der Waals surface area contributed by atoms with E-state index in [0.717, 1.165) is 26.4 Å². The minimum absolute atomic E-state index is 0.0800. The second-order valence-corrected chi connectivity index (χ2v) is 9.08. The lowest BCUT2D eigenvalue weighted by molar-refractivity contribution is -0.124. The smallest absolute Gasteiger partial charge is 0.293 e. The SMILES string of the molecule is O=C(CCCN1C(=O)c2ccccc2C1=O)NCCN1C(=O)S/C(=C/c2cccs2)C1=O. The maximum atomic E-state index is 12.4. The Kier molecular flexibility index (Phi) is 6.52. The number of fused-ring (bicyclic) bond motifs is 1. The molecule has 0 bridgehead atoms. The van der Waals surface area contributed by atoms with Crippen LogP contribution < -0.4 is 5.32 Å². The van der Waals surface area contributed by atoms with E-state index in [2.05, 4.69) is 5.32 Å². The predicted molar refractivity (Wildman–Crippen MR) is 121 cm³/mol. The summed E-state index contributed by atoms with van der Waals surface area (Å²) < 4.78 is 0. The van der Waals surface area contributed by atoms with Crippen molar-refractivity contribution in [3.63, 3.8) is 0 Å². The molecule has 1 aromatic heterocycles. The predicted octanol–water partition coefficient (Wildman–Crippen LogP) is 2.98. The van der Waals surface area contributed by atoms with E-state index in [4.69, 9.17) is 0 Å². The summed E-state index contributed by atoms with van der Waals surface area (Å²) in [6.07, 6.45) is 2.13. The Morgan fingerprint density at radius 1 is 0.906 bits per heavy atom. The van der Waals surface area contributed by atoms with Crippen LogP contribution in [0.25, 0.3) is 6.08 Å². The number of hydrogen-bond donors (Lipinski definition) is 1. The summed E-state index contributed by atoms with van der Waals surface area (Å²) in [5.74, 6) is -1.34. The highest BCUT2D eigenvalue weighted by Gasteiger charge is 2.35. The minimum atomic E-state index is -0.367. The Labute approximate surface area is 192 Å². The molecule has 1 aromatic carbocycles. The summed E-state index contributed by atoms with van der Waals surface area (Å²) in [4.78, 5) is 64.8. The highest BCUT2D eigenvalue weighted by atomic mass is 32.2. The molecule has 0 atom stereocenters. The number of rotatable bonds is 8. The van der Waals surface area contributed by atoms with Crippen LogP contribution in [0, 0.1) is 0 Å². The average molecular weight is 470 g/mol. The number of benzene rings is 1. The summed E-state index contributed by atoms with van der Waals surface area (Å²) in [5.41, 5.74) is 0.763. The minimum Gasteiger partial charge on any atom is -0.354 e. The third-order valence-electron chi connectivity index (χ3n) is 5.01. The second-order valence-electron chi connectivity index (χ2n) is 7.11. The molecule has 1 saturated heterocycles. The second kappa shape index (κ2) is 9.49. The van der Waals surface area contributed by atoms with Crippen LogP contribution in [0.5, 0.6) is 0 Å². The Hall–Kier alpha value is -3.24. The molecule has 0 aliphatic carbocycles. The lowest BCUT2D eigenvalue weighted by atomic mass is 10.1. The molecule has 0 spiro atoms. The number of carbonyl (C=O) groups excluding carboxylic acids is 5. The Morgan fingerprint density at radius 3 is 2.28 bits per heavy atom. The van der Waals surface area contributed by atoms with E-state index in [-0.39, 0.29) is 54.9 Å². The van der Waals surface area contributed by atoms with Gasteiger partial charge in [0.2, 0.25) is 5.91 Å². The van der Waals surface area contributed by atoms with Crippen LogP contribution in [0.4, 0.5) is 4.79 Å². The highest BCUT2D eigenvalue weighted by molar-refractivity contribution is 8.18. The lowest BCUT2D eigenvalue weighted by Crippen LogP contribution is -2.37. The van der Waals surface area contributed by atoms with Gasteiger partial charge in [-0.1, -0.05) is 18.2 Å². The van der Waals surface area contributed by atoms with E-state index in [1.165, 1.54) is 11.3 Å². The summed E-state index contributed by atoms with van der Waals surface area (Å²) in [7, 11) is 0. The fourth-order valence-corrected chi connectivity index (χ4v) is 5.02. The number of nitrogens with zero attached hydrogens (tertiary/aromatic N) is 2. The molecule has 2 aliphatic rings. The van der Waals surface area contributed by atoms with Crippen LogP contribution in [0.1, 0.15) is 38.4 Å². The van der Waals surface area contributed by atoms with Gasteiger partial charge >= 0.3 is 0 Å². The maximum Gasteiger partial charge on any atom is 0.293 e. The molecule has 3 heterocycles. The lowest BCUT2D eigenvalue weighted by Gasteiger charge is -2.14. The molecule has 1 N–H and O–H groups in total. The van der Waals surface area contributed by atoms with Crippen molar-refractivity contribution in [1.29, 1.82) is 0 Å². The van der Waals surface area contributed by atoms with Crippen LogP contribution in [0.15, 0.2) is 46.7 Å². The Balaban J connectivity index is 1.20. The van der Waals surface area contributed by atoms with Crippen molar-refractivity contribution in [2.24, 2.45) is 0 Å². The molecular formula is C22H19N3O5S2. The van der Waals surface area contributed by atoms with Gasteiger partial charge in [-0.2, -0.15) is 0 Å². The third-order valence-corrected chi connectivity index (χ3v) is 6.74. The van der Waals surface area contributed by atoms with Gasteiger partial charge in [0.1, 0.15) is 0 Å². The van der Waals surface area contributed by atoms with Crippen molar-refractivity contribution in [2.45, 2.75) is 12.8 Å². The highest BCUT2D eigenvalue weighted by Crippen LogP contribution is 2.32. The van der Waals surface area contributed by atoms with Crippen molar-refractivity contribution in [3.8, 4) is 0 Å². The standard InChI is InChI=1S/C22H19N3O5S2/c26-18(8-3-10-24-19(27)15-6-1-2-7-16(15)20(24)28)23-9-11-25-21(29)17(32-22(25)30)13-14-5-4-12-31-14/h1-2,4-7,12-13H,3,8-11H2,(H,23,26)/b17-13+. The van der Waals surface area contributed by atoms with Crippen molar-refractivity contribution < 1.29 is 24.0 Å². The number of carbonyl (C=O) groups is 5. The fourth-order valence-electron chi connectivity index (χ4n) is 3.43. The molecule has 164 valence electrons. The topological polar surface area (TPSA) is 104 Å². The molecule has 8 nitrogen and oxygen atoms in total. The Morgan fingerprint density at radius 2 is 1.62 bits per heavy atom. The first kappa shape index (κ1) is 22.0. The van der Waals surface area contributed by atoms with Gasteiger partial charge in [-0.25, -0.2) is 0 Å². The number of nitrogens with one attached hydrogen (secondary N) is 1. The zero-order valence-electron chi connectivity index (χ0n) is 16.9.